The number of hydrogen-bond donors (Lipinski definition) is 0. The molecule has 30 heavy (non-hydrogen) atoms. The van der Waals surface area contributed by atoms with E-state index in [0.717, 1.165) is 41.8 Å². The maximum atomic E-state index is 13.0. The van der Waals surface area contributed by atoms with Crippen molar-refractivity contribution in [2.45, 2.75) is 13.3 Å². The monoisotopic (exact) mass is 443 g/mol. The second-order valence-corrected chi connectivity index (χ2v) is 8.75. The number of aromatic nitrogens is 1. The van der Waals surface area contributed by atoms with Crippen LogP contribution in [0.3, 0.4) is 0 Å². The van der Waals surface area contributed by atoms with Crippen LogP contribution in [-0.2, 0) is 14.3 Å². The summed E-state index contributed by atoms with van der Waals surface area (Å²) in [4.78, 5) is 22.4. The summed E-state index contributed by atoms with van der Waals surface area (Å²) in [6, 6.07) is 10.2. The van der Waals surface area contributed by atoms with Gasteiger partial charge in [0.25, 0.3) is 5.91 Å². The van der Waals surface area contributed by atoms with Crippen molar-refractivity contribution in [3.05, 3.63) is 40.8 Å². The minimum atomic E-state index is -0.0393. The fraction of sp³-hybridized carbons (Fsp3) is 0.409. The third-order valence-corrected chi connectivity index (χ3v) is 6.46. The zero-order valence-corrected chi connectivity index (χ0v) is 18.6. The molecule has 6 nitrogen and oxygen atoms in total. The van der Waals surface area contributed by atoms with Crippen LogP contribution in [0.1, 0.15) is 18.9 Å². The molecular weight excluding hydrogens is 418 g/mol. The van der Waals surface area contributed by atoms with E-state index in [0.29, 0.717) is 42.2 Å². The number of ether oxygens (including phenoxy) is 2. The number of thiocarbonyl (C=S) groups is 1. The number of rotatable bonds is 7. The van der Waals surface area contributed by atoms with Gasteiger partial charge in [-0.2, -0.15) is 0 Å². The lowest BCUT2D eigenvalue weighted by Gasteiger charge is -2.29. The van der Waals surface area contributed by atoms with Crippen molar-refractivity contribution in [3.8, 4) is 0 Å². The van der Waals surface area contributed by atoms with Crippen molar-refractivity contribution in [2.75, 3.05) is 51.0 Å². The lowest BCUT2D eigenvalue weighted by Crippen LogP contribution is -2.37. The Labute approximate surface area is 186 Å². The van der Waals surface area contributed by atoms with Gasteiger partial charge in [-0.25, -0.2) is 4.98 Å². The van der Waals surface area contributed by atoms with Crippen LogP contribution in [0.5, 0.6) is 0 Å². The van der Waals surface area contributed by atoms with Crippen LogP contribution < -0.4 is 4.90 Å². The molecule has 1 aromatic heterocycles. The Morgan fingerprint density at radius 3 is 2.90 bits per heavy atom. The van der Waals surface area contributed by atoms with Gasteiger partial charge in [0.1, 0.15) is 10.1 Å². The number of anilines is 1. The number of nitrogens with zero attached hydrogens (tertiary/aromatic N) is 3. The average Bonchev–Trinajstić information content (AvgIpc) is 3.04. The van der Waals surface area contributed by atoms with E-state index >= 15 is 0 Å². The highest BCUT2D eigenvalue weighted by molar-refractivity contribution is 8.26. The molecule has 0 saturated carbocycles. The minimum Gasteiger partial charge on any atom is -0.382 e. The molecule has 2 saturated heterocycles. The topological polar surface area (TPSA) is 54.9 Å². The largest absolute Gasteiger partial charge is 0.382 e. The van der Waals surface area contributed by atoms with Crippen molar-refractivity contribution < 1.29 is 14.3 Å². The highest BCUT2D eigenvalue weighted by Crippen LogP contribution is 2.35. The third-order valence-electron chi connectivity index (χ3n) is 5.08. The number of benzene rings is 1. The highest BCUT2D eigenvalue weighted by atomic mass is 32.2. The second-order valence-electron chi connectivity index (χ2n) is 7.08. The Morgan fingerprint density at radius 2 is 2.10 bits per heavy atom. The summed E-state index contributed by atoms with van der Waals surface area (Å²) < 4.78 is 11.5. The van der Waals surface area contributed by atoms with E-state index in [2.05, 4.69) is 11.0 Å². The van der Waals surface area contributed by atoms with Gasteiger partial charge in [0.2, 0.25) is 0 Å². The van der Waals surface area contributed by atoms with Crippen molar-refractivity contribution in [1.29, 1.82) is 0 Å². The van der Waals surface area contributed by atoms with Gasteiger partial charge >= 0.3 is 0 Å². The summed E-state index contributed by atoms with van der Waals surface area (Å²) in [5.41, 5.74) is 1.88. The number of carbonyl (C=O) groups is 1. The summed E-state index contributed by atoms with van der Waals surface area (Å²) in [5.74, 6) is 0.848. The van der Waals surface area contributed by atoms with Crippen LogP contribution in [0.4, 0.5) is 5.82 Å². The van der Waals surface area contributed by atoms with E-state index in [1.54, 1.807) is 4.90 Å². The van der Waals surface area contributed by atoms with Gasteiger partial charge in [-0.1, -0.05) is 42.2 Å². The molecule has 0 spiro atoms. The number of thioether (sulfide) groups is 1. The molecule has 1 amide bonds. The quantitative estimate of drug-likeness (QED) is 0.367. The van der Waals surface area contributed by atoms with Crippen LogP contribution in [-0.4, -0.2) is 66.2 Å². The lowest BCUT2D eigenvalue weighted by molar-refractivity contribution is -0.122. The first-order valence-corrected chi connectivity index (χ1v) is 11.5. The van der Waals surface area contributed by atoms with E-state index in [-0.39, 0.29) is 5.91 Å². The molecule has 2 aromatic rings. The summed E-state index contributed by atoms with van der Waals surface area (Å²) in [6.45, 7) is 6.77. The standard InChI is InChI=1S/C22H25N3O3S2/c1-2-27-11-5-8-25-21(26)19(30-22(25)29)15-17-14-16-6-3-4-7-18(16)23-20(17)24-9-12-28-13-10-24/h3-4,6-7,14-15H,2,5,8-13H2,1H3/b19-15+. The maximum absolute atomic E-state index is 13.0. The predicted octanol–water partition coefficient (Wildman–Crippen LogP) is 3.70. The first-order valence-electron chi connectivity index (χ1n) is 10.2. The first kappa shape index (κ1) is 21.2. The highest BCUT2D eigenvalue weighted by Gasteiger charge is 2.32. The van der Waals surface area contributed by atoms with Gasteiger partial charge in [-0.15, -0.1) is 0 Å². The molecule has 158 valence electrons. The number of amides is 1. The third kappa shape index (κ3) is 4.67. The minimum absolute atomic E-state index is 0.0393. The van der Waals surface area contributed by atoms with Crippen molar-refractivity contribution in [3.63, 3.8) is 0 Å². The van der Waals surface area contributed by atoms with Gasteiger partial charge in [-0.05, 0) is 31.6 Å². The Hall–Kier alpha value is -2.00. The molecule has 3 heterocycles. The fourth-order valence-electron chi connectivity index (χ4n) is 3.56. The predicted molar refractivity (Wildman–Crippen MR) is 126 cm³/mol. The van der Waals surface area contributed by atoms with Crippen LogP contribution in [0.15, 0.2) is 35.2 Å². The second kappa shape index (κ2) is 9.87. The lowest BCUT2D eigenvalue weighted by atomic mass is 10.1. The van der Waals surface area contributed by atoms with Gasteiger partial charge in [0, 0.05) is 43.8 Å². The molecule has 0 unspecified atom stereocenters. The van der Waals surface area contributed by atoms with E-state index in [9.17, 15) is 4.79 Å². The van der Waals surface area contributed by atoms with Crippen LogP contribution in [0.2, 0.25) is 0 Å². The summed E-state index contributed by atoms with van der Waals surface area (Å²) >= 11 is 6.83. The van der Waals surface area contributed by atoms with Crippen LogP contribution in [0, 0.1) is 0 Å². The smallest absolute Gasteiger partial charge is 0.266 e. The van der Waals surface area contributed by atoms with E-state index in [1.165, 1.54) is 11.8 Å². The van der Waals surface area contributed by atoms with Crippen molar-refractivity contribution >= 4 is 57.0 Å². The number of carbonyl (C=O) groups excluding carboxylic acids is 1. The SMILES string of the molecule is CCOCCCN1C(=O)/C(=C\c2cc3ccccc3nc2N2CCOCC2)SC1=S. The van der Waals surface area contributed by atoms with E-state index < -0.39 is 0 Å². The molecule has 8 heteroatoms. The molecule has 0 N–H and O–H groups in total. The van der Waals surface area contributed by atoms with Gasteiger partial charge in [-0.3, -0.25) is 9.69 Å². The van der Waals surface area contributed by atoms with Gasteiger partial charge in [0.05, 0.1) is 23.6 Å². The zero-order chi connectivity index (χ0) is 20.9. The Balaban J connectivity index is 1.64. The zero-order valence-electron chi connectivity index (χ0n) is 17.0. The fourth-order valence-corrected chi connectivity index (χ4v) is 4.86. The molecule has 0 atom stereocenters. The normalized spacial score (nSPS) is 18.8. The first-order chi connectivity index (χ1) is 14.7. The molecule has 2 aliphatic rings. The molecule has 0 radical (unpaired) electrons. The molecular formula is C22H25N3O3S2. The summed E-state index contributed by atoms with van der Waals surface area (Å²) in [7, 11) is 0. The van der Waals surface area contributed by atoms with Gasteiger partial charge in [0.15, 0.2) is 0 Å². The number of para-hydroxylation sites is 1. The van der Waals surface area contributed by atoms with Crippen LogP contribution in [0.25, 0.3) is 17.0 Å². The Kier molecular flexibility index (Phi) is 6.99. The number of fused-ring (bicyclic) bond motifs is 1. The number of morpholine rings is 1. The summed E-state index contributed by atoms with van der Waals surface area (Å²) in [5, 5.41) is 1.05. The van der Waals surface area contributed by atoms with Crippen LogP contribution >= 0.6 is 24.0 Å². The van der Waals surface area contributed by atoms with Crippen molar-refractivity contribution in [1.82, 2.24) is 9.88 Å². The molecule has 2 aliphatic heterocycles. The van der Waals surface area contributed by atoms with E-state index in [4.69, 9.17) is 26.7 Å². The van der Waals surface area contributed by atoms with Crippen molar-refractivity contribution in [2.24, 2.45) is 0 Å². The Bertz CT molecular complexity index is 973. The average molecular weight is 444 g/mol. The summed E-state index contributed by atoms with van der Waals surface area (Å²) in [6.07, 6.45) is 2.70. The Morgan fingerprint density at radius 1 is 1.30 bits per heavy atom. The molecule has 0 bridgehead atoms. The molecule has 2 fully saturated rings. The van der Waals surface area contributed by atoms with E-state index in [1.807, 2.05) is 37.3 Å². The molecule has 4 rings (SSSR count). The number of hydrogen-bond acceptors (Lipinski definition) is 7. The number of pyridine rings is 1. The molecule has 1 aromatic carbocycles. The molecule has 0 aliphatic carbocycles. The maximum Gasteiger partial charge on any atom is 0.266 e. The van der Waals surface area contributed by atoms with Gasteiger partial charge < -0.3 is 14.4 Å².